The Hall–Kier alpha value is -1.33. The number of hydrogen-bond acceptors (Lipinski definition) is 22. The molecule has 4 fully saturated rings. The molecule has 270 valence electrons. The maximum Gasteiger partial charge on any atom is 0.338 e. The summed E-state index contributed by atoms with van der Waals surface area (Å²) < 4.78 is 29.9. The third-order valence-corrected chi connectivity index (χ3v) is 7.83. The molecule has 0 aromatic heterocycles. The van der Waals surface area contributed by atoms with Gasteiger partial charge in [0.2, 0.25) is 0 Å². The summed E-state index contributed by atoms with van der Waals surface area (Å²) in [5.74, 6) is -1.11. The Bertz CT molecular complexity index is 942. The van der Waals surface area contributed by atoms with Gasteiger partial charge in [-0.1, -0.05) is 0 Å². The van der Waals surface area contributed by atoms with Gasteiger partial charge in [-0.05, 0) is 0 Å². The maximum atomic E-state index is 11.8. The van der Waals surface area contributed by atoms with Gasteiger partial charge in [0.05, 0.1) is 26.4 Å². The molecule has 0 saturated carbocycles. The van der Waals surface area contributed by atoms with E-state index in [2.05, 4.69) is 4.74 Å². The van der Waals surface area contributed by atoms with Crippen molar-refractivity contribution in [3.63, 3.8) is 0 Å². The quantitative estimate of drug-likeness (QED) is 0.106. The highest BCUT2D eigenvalue weighted by atomic mass is 16.7. The number of carbonyl (C=O) groups excluding carboxylic acids is 1. The molecule has 22 heteroatoms. The van der Waals surface area contributed by atoms with Crippen LogP contribution in [0.3, 0.4) is 0 Å². The molecule has 1 unspecified atom stereocenters. The zero-order valence-corrected chi connectivity index (χ0v) is 23.9. The smallest absolute Gasteiger partial charge is 0.338 e. The molecule has 0 aromatic rings. The number of aliphatic hydroxyl groups excluding tert-OH is 15. The molecule has 0 bridgehead atoms. The van der Waals surface area contributed by atoms with Crippen LogP contribution in [0.4, 0.5) is 0 Å². The summed E-state index contributed by atoms with van der Waals surface area (Å²) in [5.41, 5.74) is 0. The fraction of sp³-hybridized carbons (Fsp3) is 0.958. The number of esters is 1. The lowest BCUT2D eigenvalue weighted by Crippen LogP contribution is -2.64. The average Bonchev–Trinajstić information content (AvgIpc) is 3.04. The maximum absolute atomic E-state index is 11.8. The van der Waals surface area contributed by atoms with Crippen molar-refractivity contribution in [3.05, 3.63) is 0 Å². The van der Waals surface area contributed by atoms with Gasteiger partial charge < -0.3 is 105 Å². The van der Waals surface area contributed by atoms with E-state index in [1.807, 2.05) is 0 Å². The topological polar surface area (TPSA) is 376 Å². The van der Waals surface area contributed by atoms with E-state index >= 15 is 0 Å². The number of hydrogen-bond donors (Lipinski definition) is 15. The molecule has 4 rings (SSSR count). The van der Waals surface area contributed by atoms with E-state index in [9.17, 15) is 61.0 Å². The van der Waals surface area contributed by atoms with Crippen LogP contribution in [0.25, 0.3) is 0 Å². The van der Waals surface area contributed by atoms with Crippen LogP contribution >= 0.6 is 0 Å². The summed E-state index contributed by atoms with van der Waals surface area (Å²) in [5, 5.41) is 143. The van der Waals surface area contributed by atoms with Crippen molar-refractivity contribution in [2.75, 3.05) is 26.4 Å². The second-order valence-corrected chi connectivity index (χ2v) is 10.9. The van der Waals surface area contributed by atoms with E-state index in [-0.39, 0.29) is 0 Å². The second kappa shape index (κ2) is 16.9. The first-order valence-electron chi connectivity index (χ1n) is 14.0. The molecule has 0 amide bonds. The predicted octanol–water partition coefficient (Wildman–Crippen LogP) is -10.6. The minimum Gasteiger partial charge on any atom is -0.455 e. The van der Waals surface area contributed by atoms with Gasteiger partial charge in [-0.15, -0.1) is 0 Å². The monoisotopic (exact) mass is 682 g/mol. The van der Waals surface area contributed by atoms with Crippen LogP contribution in [0.15, 0.2) is 0 Å². The third-order valence-electron chi connectivity index (χ3n) is 7.83. The van der Waals surface area contributed by atoms with Crippen molar-refractivity contribution in [2.45, 2.75) is 117 Å². The van der Waals surface area contributed by atoms with Gasteiger partial charge in [-0.3, -0.25) is 0 Å². The molecule has 4 saturated heterocycles. The highest BCUT2D eigenvalue weighted by molar-refractivity contribution is 5.76. The van der Waals surface area contributed by atoms with E-state index in [4.69, 9.17) is 44.1 Å². The zero-order chi connectivity index (χ0) is 34.6. The lowest BCUT2D eigenvalue weighted by Gasteiger charge is -2.44. The van der Waals surface area contributed by atoms with Gasteiger partial charge in [-0.25, -0.2) is 4.79 Å². The van der Waals surface area contributed by atoms with Crippen LogP contribution in [0.5, 0.6) is 0 Å². The first-order chi connectivity index (χ1) is 21.6. The number of rotatable bonds is 8. The second-order valence-electron chi connectivity index (χ2n) is 10.9. The van der Waals surface area contributed by atoms with E-state index < -0.39 is 149 Å². The summed E-state index contributed by atoms with van der Waals surface area (Å²) in [4.78, 5) is 11.8. The lowest BCUT2D eigenvalue weighted by atomic mass is 9.97. The Morgan fingerprint density at radius 1 is 0.457 bits per heavy atom. The molecule has 4 aliphatic heterocycles. The molecule has 22 nitrogen and oxygen atoms in total. The van der Waals surface area contributed by atoms with Crippen molar-refractivity contribution < 1.29 is 110 Å². The molecule has 19 atom stereocenters. The molecule has 46 heavy (non-hydrogen) atoms. The summed E-state index contributed by atoms with van der Waals surface area (Å²) in [7, 11) is 0. The first kappa shape index (κ1) is 39.1. The molecule has 4 aliphatic rings. The standard InChI is InChI=1S/C12H22O11.C12H20O11/c2*13-1-3-6(16)8(18)10(11(20)21-3)23-12-9(19)7(17)5(15)4(2-14)22-12/h3-20H,1-2H2;3-10,12-19H,1-2H2/t3-,4-,5-,6-,7+,8+,9+,10+,11?,12-;3-,4-,5-,6-,7+,8+,9+,10+,12-/m11/s1. The van der Waals surface area contributed by atoms with E-state index in [0.717, 1.165) is 0 Å². The fourth-order valence-corrected chi connectivity index (χ4v) is 4.98. The third kappa shape index (κ3) is 8.27. The Morgan fingerprint density at radius 2 is 0.848 bits per heavy atom. The van der Waals surface area contributed by atoms with Gasteiger partial charge in [0.15, 0.2) is 31.1 Å². The van der Waals surface area contributed by atoms with Crippen LogP contribution in [0, 0.1) is 0 Å². The SMILES string of the molecule is O=C1O[C@H](CO)[C@@H](O)[C@H](O)[C@@H]1O[C@H]1O[C@H](CO)[C@@H](O)[C@H](O)[C@@H]1O.OC[C@H]1O[C@H](O[C@@H]2C(O)O[C@H](CO)[C@@H](O)[C@@H]2O)[C@@H](O)[C@@H](O)[C@@H]1O. The fourth-order valence-electron chi connectivity index (χ4n) is 4.98. The first-order valence-corrected chi connectivity index (χ1v) is 14.0. The van der Waals surface area contributed by atoms with E-state index in [0.29, 0.717) is 0 Å². The molecule has 4 heterocycles. The zero-order valence-electron chi connectivity index (χ0n) is 23.9. The molecule has 0 radical (unpaired) electrons. The van der Waals surface area contributed by atoms with Crippen molar-refractivity contribution in [1.82, 2.24) is 0 Å². The Labute approximate surface area is 259 Å². The van der Waals surface area contributed by atoms with Crippen LogP contribution < -0.4 is 0 Å². The Balaban J connectivity index is 0.000000250. The van der Waals surface area contributed by atoms with Crippen LogP contribution in [-0.2, 0) is 33.2 Å². The number of cyclic esters (lactones) is 1. The minimum absolute atomic E-state index is 0.651. The largest absolute Gasteiger partial charge is 0.455 e. The summed E-state index contributed by atoms with van der Waals surface area (Å²) in [6.45, 7) is -2.73. The molecule has 15 N–H and O–H groups in total. The summed E-state index contributed by atoms with van der Waals surface area (Å²) in [6, 6.07) is 0. The van der Waals surface area contributed by atoms with Gasteiger partial charge in [0.1, 0.15) is 85.5 Å². The van der Waals surface area contributed by atoms with Gasteiger partial charge in [0.25, 0.3) is 0 Å². The molecular weight excluding hydrogens is 640 g/mol. The normalized spacial score (nSPS) is 49.9. The van der Waals surface area contributed by atoms with Crippen molar-refractivity contribution in [3.8, 4) is 0 Å². The predicted molar refractivity (Wildman–Crippen MR) is 136 cm³/mol. The van der Waals surface area contributed by atoms with Crippen molar-refractivity contribution in [2.24, 2.45) is 0 Å². The molecular formula is C24H42O22. The van der Waals surface area contributed by atoms with E-state index in [1.54, 1.807) is 0 Å². The van der Waals surface area contributed by atoms with Crippen LogP contribution in [-0.4, -0.2) is 226 Å². The van der Waals surface area contributed by atoms with Crippen molar-refractivity contribution in [1.29, 1.82) is 0 Å². The average molecular weight is 683 g/mol. The van der Waals surface area contributed by atoms with Crippen LogP contribution in [0.1, 0.15) is 0 Å². The molecule has 0 aliphatic carbocycles. The van der Waals surface area contributed by atoms with Gasteiger partial charge in [-0.2, -0.15) is 0 Å². The Morgan fingerprint density at radius 3 is 1.30 bits per heavy atom. The molecule has 0 aromatic carbocycles. The number of aliphatic hydroxyl groups is 15. The van der Waals surface area contributed by atoms with Crippen molar-refractivity contribution >= 4 is 5.97 Å². The summed E-state index contributed by atoms with van der Waals surface area (Å²) in [6.07, 6.45) is -30.2. The van der Waals surface area contributed by atoms with Gasteiger partial charge >= 0.3 is 5.97 Å². The van der Waals surface area contributed by atoms with Gasteiger partial charge in [0, 0.05) is 0 Å². The van der Waals surface area contributed by atoms with Crippen LogP contribution in [0.2, 0.25) is 0 Å². The lowest BCUT2D eigenvalue weighted by molar-refractivity contribution is -0.361. The highest BCUT2D eigenvalue weighted by Gasteiger charge is 2.52. The molecule has 0 spiro atoms. The minimum atomic E-state index is -1.78. The summed E-state index contributed by atoms with van der Waals surface area (Å²) >= 11 is 0. The Kier molecular flexibility index (Phi) is 14.3. The number of carbonyl (C=O) groups is 1. The highest BCUT2D eigenvalue weighted by Crippen LogP contribution is 2.29. The van der Waals surface area contributed by atoms with E-state index in [1.165, 1.54) is 0 Å². The number of ether oxygens (including phenoxy) is 6.